The van der Waals surface area contributed by atoms with Crippen LogP contribution in [0.2, 0.25) is 0 Å². The molecule has 2 atom stereocenters. The van der Waals surface area contributed by atoms with E-state index < -0.39 is 22.2 Å². The third-order valence-corrected chi connectivity index (χ3v) is 8.70. The Labute approximate surface area is 250 Å². The van der Waals surface area contributed by atoms with Crippen LogP contribution in [0, 0.1) is 6.92 Å². The summed E-state index contributed by atoms with van der Waals surface area (Å²) in [6, 6.07) is 14.3. The first kappa shape index (κ1) is 30.0. The van der Waals surface area contributed by atoms with Crippen LogP contribution in [0.3, 0.4) is 0 Å². The quantitative estimate of drug-likeness (QED) is 0.221. The molecule has 13 heteroatoms. The van der Waals surface area contributed by atoms with Gasteiger partial charge < -0.3 is 24.8 Å². The highest BCUT2D eigenvalue weighted by molar-refractivity contribution is 7.92. The predicted octanol–water partition coefficient (Wildman–Crippen LogP) is 5.12. The second kappa shape index (κ2) is 12.8. The van der Waals surface area contributed by atoms with Crippen molar-refractivity contribution in [3.8, 4) is 22.9 Å². The Hall–Kier alpha value is -4.49. The van der Waals surface area contributed by atoms with Crippen molar-refractivity contribution in [2.24, 2.45) is 0 Å². The fourth-order valence-corrected chi connectivity index (χ4v) is 6.39. The molecule has 0 spiro atoms. The Morgan fingerprint density at radius 1 is 1.12 bits per heavy atom. The average molecular weight is 607 g/mol. The summed E-state index contributed by atoms with van der Waals surface area (Å²) in [5.74, 6) is 1.05. The van der Waals surface area contributed by atoms with Crippen LogP contribution in [0.5, 0.6) is 11.6 Å². The van der Waals surface area contributed by atoms with Crippen LogP contribution in [0.1, 0.15) is 25.3 Å². The molecule has 0 saturated carbocycles. The van der Waals surface area contributed by atoms with Crippen molar-refractivity contribution in [2.45, 2.75) is 38.8 Å². The van der Waals surface area contributed by atoms with E-state index >= 15 is 0 Å². The van der Waals surface area contributed by atoms with Gasteiger partial charge in [0.05, 0.1) is 28.8 Å². The first-order valence-electron chi connectivity index (χ1n) is 13.9. The second-order valence-electron chi connectivity index (χ2n) is 10.5. The molecular formula is C30H34N6O6S. The van der Waals surface area contributed by atoms with Crippen LogP contribution in [0.4, 0.5) is 16.4 Å². The molecular weight excluding hydrogens is 572 g/mol. The minimum atomic E-state index is -3.66. The van der Waals surface area contributed by atoms with Gasteiger partial charge in [-0.2, -0.15) is 0 Å². The van der Waals surface area contributed by atoms with E-state index in [9.17, 15) is 18.3 Å². The Morgan fingerprint density at radius 2 is 1.95 bits per heavy atom. The molecule has 1 aliphatic heterocycles. The number of hydrogen-bond donors (Lipinski definition) is 3. The average Bonchev–Trinajstić information content (AvgIpc) is 2.98. The molecule has 0 radical (unpaired) electrons. The van der Waals surface area contributed by atoms with Gasteiger partial charge in [-0.1, -0.05) is 24.3 Å². The van der Waals surface area contributed by atoms with E-state index in [4.69, 9.17) is 9.47 Å². The second-order valence-corrected chi connectivity index (χ2v) is 12.2. The molecule has 1 saturated heterocycles. The smallest absolute Gasteiger partial charge is 0.407 e. The number of benzene rings is 2. The van der Waals surface area contributed by atoms with Gasteiger partial charge >= 0.3 is 6.09 Å². The van der Waals surface area contributed by atoms with E-state index in [1.165, 1.54) is 12.0 Å². The van der Waals surface area contributed by atoms with Gasteiger partial charge in [0.25, 0.3) is 0 Å². The number of piperidine rings is 1. The lowest BCUT2D eigenvalue weighted by Gasteiger charge is -2.31. The van der Waals surface area contributed by atoms with Crippen molar-refractivity contribution >= 4 is 38.5 Å². The number of methoxy groups -OCH3 is 1. The van der Waals surface area contributed by atoms with E-state index in [0.29, 0.717) is 58.4 Å². The normalized spacial score (nSPS) is 16.1. The maximum atomic E-state index is 12.8. The molecule has 3 N–H and O–H groups in total. The summed E-state index contributed by atoms with van der Waals surface area (Å²) in [5.41, 5.74) is 2.47. The molecule has 1 aliphatic rings. The fourth-order valence-electron chi connectivity index (χ4n) is 5.04. The van der Waals surface area contributed by atoms with Gasteiger partial charge in [0.1, 0.15) is 5.75 Å². The molecule has 2 aromatic carbocycles. The number of carboxylic acid groups (broad SMARTS) is 1. The number of likely N-dealkylation sites (tertiary alicyclic amines) is 1. The number of amides is 1. The largest absolute Gasteiger partial charge is 0.465 e. The van der Waals surface area contributed by atoms with Crippen LogP contribution in [0.15, 0.2) is 60.9 Å². The Balaban J connectivity index is 1.44. The van der Waals surface area contributed by atoms with Crippen molar-refractivity contribution in [1.82, 2.24) is 19.9 Å². The zero-order chi connectivity index (χ0) is 30.6. The van der Waals surface area contributed by atoms with E-state index in [0.717, 1.165) is 18.4 Å². The molecule has 2 aromatic heterocycles. The number of nitrogens with zero attached hydrogens (tertiary/aromatic N) is 4. The molecule has 226 valence electrons. The summed E-state index contributed by atoms with van der Waals surface area (Å²) in [5, 5.41) is 14.0. The summed E-state index contributed by atoms with van der Waals surface area (Å²) in [7, 11) is -2.19. The summed E-state index contributed by atoms with van der Waals surface area (Å²) >= 11 is 0. The van der Waals surface area contributed by atoms with Crippen LogP contribution in [-0.2, 0) is 14.8 Å². The summed E-state index contributed by atoms with van der Waals surface area (Å²) in [6.45, 7) is 4.47. The van der Waals surface area contributed by atoms with Gasteiger partial charge in [-0.15, -0.1) is 0 Å². The molecule has 1 amide bonds. The van der Waals surface area contributed by atoms with E-state index in [1.54, 1.807) is 43.6 Å². The molecule has 12 nitrogen and oxygen atoms in total. The molecule has 0 bridgehead atoms. The minimum absolute atomic E-state index is 0.104. The maximum absolute atomic E-state index is 12.8. The number of anilines is 2. The van der Waals surface area contributed by atoms with Crippen molar-refractivity contribution in [2.75, 3.05) is 36.0 Å². The summed E-state index contributed by atoms with van der Waals surface area (Å²) < 4.78 is 39.8. The molecule has 4 aromatic rings. The number of ether oxygens (including phenoxy) is 2. The topological polar surface area (TPSA) is 156 Å². The summed E-state index contributed by atoms with van der Waals surface area (Å²) in [6.07, 6.45) is 3.42. The third-order valence-electron chi connectivity index (χ3n) is 7.26. The van der Waals surface area contributed by atoms with Crippen LogP contribution >= 0.6 is 0 Å². The number of rotatable bonds is 10. The third kappa shape index (κ3) is 7.12. The lowest BCUT2D eigenvalue weighted by Crippen LogP contribution is -2.44. The lowest BCUT2D eigenvalue weighted by atomic mass is 10.0. The van der Waals surface area contributed by atoms with Crippen LogP contribution < -0.4 is 14.8 Å². The Kier molecular flexibility index (Phi) is 8.92. The van der Waals surface area contributed by atoms with Gasteiger partial charge in [0, 0.05) is 49.4 Å². The number of fused-ring (bicyclic) bond motifs is 1. The van der Waals surface area contributed by atoms with Crippen molar-refractivity contribution in [3.05, 3.63) is 66.5 Å². The van der Waals surface area contributed by atoms with Crippen LogP contribution in [0.25, 0.3) is 22.0 Å². The molecule has 0 aliphatic carbocycles. The van der Waals surface area contributed by atoms with Crippen molar-refractivity contribution in [1.29, 1.82) is 0 Å². The van der Waals surface area contributed by atoms with Crippen molar-refractivity contribution in [3.63, 3.8) is 0 Å². The first-order chi connectivity index (χ1) is 20.6. The molecule has 3 heterocycles. The highest BCUT2D eigenvalue weighted by atomic mass is 32.2. The Bertz CT molecular complexity index is 1730. The van der Waals surface area contributed by atoms with Gasteiger partial charge in [0.2, 0.25) is 21.9 Å². The number of carbonyl (C=O) groups is 1. The summed E-state index contributed by atoms with van der Waals surface area (Å²) in [4.78, 5) is 26.3. The predicted molar refractivity (Wildman–Crippen MR) is 164 cm³/mol. The number of aromatic nitrogens is 3. The van der Waals surface area contributed by atoms with E-state index in [2.05, 4.69) is 25.0 Å². The van der Waals surface area contributed by atoms with Gasteiger partial charge in [-0.3, -0.25) is 4.72 Å². The molecule has 1 fully saturated rings. The van der Waals surface area contributed by atoms with Gasteiger partial charge in [-0.05, 0) is 56.5 Å². The van der Waals surface area contributed by atoms with E-state index in [1.807, 2.05) is 31.2 Å². The monoisotopic (exact) mass is 606 g/mol. The van der Waals surface area contributed by atoms with Crippen LogP contribution in [-0.4, -0.2) is 77.6 Å². The minimum Gasteiger partial charge on any atom is -0.465 e. The number of aryl methyl sites for hydroxylation is 1. The number of nitrogens with one attached hydrogen (secondary N) is 2. The molecule has 1 unspecified atom stereocenters. The number of pyridine rings is 1. The standard InChI is InChI=1S/C30H34N6O6S/c1-19-11-12-22-23(8-4-10-26(22)35-43(39,40)18-20(2)41-3)27(19)42-28-24(9-5-14-31-28)25-13-15-32-29(34-25)33-21-7-6-16-36(17-21)30(37)38/h4-5,8-15,20-21,35H,6-7,16-18H2,1-3H3,(H,37,38)(H,32,33,34)/t20?,21-/m0/s1. The van der Waals surface area contributed by atoms with Gasteiger partial charge in [0.15, 0.2) is 0 Å². The maximum Gasteiger partial charge on any atom is 0.407 e. The van der Waals surface area contributed by atoms with E-state index in [-0.39, 0.29) is 11.8 Å². The Morgan fingerprint density at radius 3 is 2.74 bits per heavy atom. The number of hydrogen-bond acceptors (Lipinski definition) is 9. The lowest BCUT2D eigenvalue weighted by molar-refractivity contribution is 0.132. The van der Waals surface area contributed by atoms with Gasteiger partial charge in [-0.25, -0.2) is 28.2 Å². The van der Waals surface area contributed by atoms with Crippen molar-refractivity contribution < 1.29 is 27.8 Å². The zero-order valence-electron chi connectivity index (χ0n) is 24.1. The molecule has 43 heavy (non-hydrogen) atoms. The SMILES string of the molecule is COC(C)CS(=O)(=O)Nc1cccc2c(Oc3ncccc3-c3ccnc(N[C@H]4CCCN(C(=O)O)C4)n3)c(C)ccc12. The first-order valence-corrected chi connectivity index (χ1v) is 15.5. The highest BCUT2D eigenvalue weighted by Gasteiger charge is 2.24. The highest BCUT2D eigenvalue weighted by Crippen LogP contribution is 2.38. The number of sulfonamides is 1. The fraction of sp³-hybridized carbons (Fsp3) is 0.333. The molecule has 5 rings (SSSR count). The zero-order valence-corrected chi connectivity index (χ0v) is 25.0.